The van der Waals surface area contributed by atoms with Gasteiger partial charge in [-0.25, -0.2) is 0 Å². The van der Waals surface area contributed by atoms with Gasteiger partial charge in [-0.2, -0.15) is 0 Å². The van der Waals surface area contributed by atoms with Crippen molar-refractivity contribution < 1.29 is 9.59 Å². The lowest BCUT2D eigenvalue weighted by Crippen LogP contribution is -2.51. The van der Waals surface area contributed by atoms with E-state index in [9.17, 15) is 9.59 Å². The van der Waals surface area contributed by atoms with Crippen LogP contribution in [0, 0.1) is 5.41 Å². The van der Waals surface area contributed by atoms with Gasteiger partial charge in [0.1, 0.15) is 0 Å². The first-order valence-electron chi connectivity index (χ1n) is 10.3. The molecule has 0 aromatic carbocycles. The highest BCUT2D eigenvalue weighted by Crippen LogP contribution is 2.41. The maximum atomic E-state index is 12.4. The number of amides is 2. The Balaban J connectivity index is 1.18. The average molecular weight is 374 g/mol. The van der Waals surface area contributed by atoms with Gasteiger partial charge in [0.25, 0.3) is 0 Å². The molecule has 0 aliphatic carbocycles. The van der Waals surface area contributed by atoms with Gasteiger partial charge in [0.15, 0.2) is 0 Å². The Bertz CT molecular complexity index is 639. The summed E-state index contributed by atoms with van der Waals surface area (Å²) in [5, 5.41) is 7.68. The zero-order valence-electron chi connectivity index (χ0n) is 16.1. The van der Waals surface area contributed by atoms with Gasteiger partial charge in [-0.1, -0.05) is 5.21 Å². The second kappa shape index (κ2) is 7.96. The highest BCUT2D eigenvalue weighted by molar-refractivity contribution is 5.79. The van der Waals surface area contributed by atoms with Crippen LogP contribution in [0.15, 0.2) is 12.4 Å². The Labute approximate surface area is 160 Å². The van der Waals surface area contributed by atoms with E-state index in [0.717, 1.165) is 71.4 Å². The minimum Gasteiger partial charge on any atom is -0.343 e. The van der Waals surface area contributed by atoms with Crippen molar-refractivity contribution in [1.82, 2.24) is 29.7 Å². The Kier molecular flexibility index (Phi) is 5.43. The molecule has 8 nitrogen and oxygen atoms in total. The fraction of sp³-hybridized carbons (Fsp3) is 0.789. The Morgan fingerprint density at radius 3 is 2.15 bits per heavy atom. The molecular formula is C19H30N6O2. The van der Waals surface area contributed by atoms with E-state index in [2.05, 4.69) is 15.2 Å². The van der Waals surface area contributed by atoms with Crippen LogP contribution < -0.4 is 0 Å². The van der Waals surface area contributed by atoms with E-state index in [4.69, 9.17) is 0 Å². The molecule has 3 saturated heterocycles. The number of carbonyl (C=O) groups excluding carboxylic acids is 2. The number of nitrogens with zero attached hydrogens (tertiary/aromatic N) is 6. The fourth-order valence-electron chi connectivity index (χ4n) is 4.49. The van der Waals surface area contributed by atoms with Crippen LogP contribution in [0.3, 0.4) is 0 Å². The predicted molar refractivity (Wildman–Crippen MR) is 99.8 cm³/mol. The van der Waals surface area contributed by atoms with Crippen LogP contribution in [0.25, 0.3) is 0 Å². The summed E-state index contributed by atoms with van der Waals surface area (Å²) >= 11 is 0. The quantitative estimate of drug-likeness (QED) is 0.755. The number of carbonyl (C=O) groups is 2. The van der Waals surface area contributed by atoms with Crippen LogP contribution in [0.4, 0.5) is 0 Å². The molecule has 0 atom stereocenters. The van der Waals surface area contributed by atoms with Gasteiger partial charge >= 0.3 is 0 Å². The molecule has 0 saturated carbocycles. The van der Waals surface area contributed by atoms with Gasteiger partial charge in [0.05, 0.1) is 19.3 Å². The van der Waals surface area contributed by atoms with E-state index in [1.54, 1.807) is 17.1 Å². The fourth-order valence-corrected chi connectivity index (χ4v) is 4.49. The third-order valence-electron chi connectivity index (χ3n) is 6.69. The normalized spacial score (nSPS) is 22.7. The summed E-state index contributed by atoms with van der Waals surface area (Å²) in [6, 6.07) is 0. The molecule has 3 aliphatic rings. The number of piperidine rings is 2. The molecule has 1 aromatic heterocycles. The van der Waals surface area contributed by atoms with Crippen molar-refractivity contribution in [3.05, 3.63) is 12.4 Å². The topological polar surface area (TPSA) is 74.6 Å². The predicted octanol–water partition coefficient (Wildman–Crippen LogP) is 0.605. The minimum absolute atomic E-state index is 0.220. The number of aryl methyl sites for hydroxylation is 1. The maximum Gasteiger partial charge on any atom is 0.236 e. The summed E-state index contributed by atoms with van der Waals surface area (Å²) in [5.74, 6) is 0.517. The molecule has 1 spiro atoms. The molecular weight excluding hydrogens is 344 g/mol. The Morgan fingerprint density at radius 2 is 1.56 bits per heavy atom. The van der Waals surface area contributed by atoms with Crippen molar-refractivity contribution in [2.24, 2.45) is 5.41 Å². The van der Waals surface area contributed by atoms with Crippen molar-refractivity contribution in [3.8, 4) is 0 Å². The first-order valence-corrected chi connectivity index (χ1v) is 10.3. The summed E-state index contributed by atoms with van der Waals surface area (Å²) in [5.41, 5.74) is 0.374. The van der Waals surface area contributed by atoms with Gasteiger partial charge in [0.2, 0.25) is 11.8 Å². The average Bonchev–Trinajstić information content (AvgIpc) is 3.15. The number of likely N-dealkylation sites (tertiary alicyclic amines) is 3. The van der Waals surface area contributed by atoms with Crippen LogP contribution in [0.5, 0.6) is 0 Å². The molecule has 1 aromatic rings. The SMILES string of the molecule is O=C(CCn1ccnn1)N1CCC2(CCN(CC(=O)N3CCC3)CC2)CC1. The Hall–Kier alpha value is -1.96. The lowest BCUT2D eigenvalue weighted by Gasteiger charge is -2.47. The molecule has 27 heavy (non-hydrogen) atoms. The number of rotatable bonds is 5. The molecule has 8 heteroatoms. The first-order chi connectivity index (χ1) is 13.1. The lowest BCUT2D eigenvalue weighted by molar-refractivity contribution is -0.138. The summed E-state index contributed by atoms with van der Waals surface area (Å²) in [4.78, 5) is 30.9. The zero-order valence-corrected chi connectivity index (χ0v) is 16.1. The van der Waals surface area contributed by atoms with E-state index < -0.39 is 0 Å². The van der Waals surface area contributed by atoms with E-state index in [-0.39, 0.29) is 5.91 Å². The van der Waals surface area contributed by atoms with Gasteiger partial charge in [-0.3, -0.25) is 19.2 Å². The summed E-state index contributed by atoms with van der Waals surface area (Å²) in [6.45, 7) is 6.82. The monoisotopic (exact) mass is 374 g/mol. The molecule has 3 aliphatic heterocycles. The highest BCUT2D eigenvalue weighted by Gasteiger charge is 2.39. The van der Waals surface area contributed by atoms with Crippen LogP contribution in [-0.4, -0.2) is 87.3 Å². The maximum absolute atomic E-state index is 12.4. The first kappa shape index (κ1) is 18.4. The van der Waals surface area contributed by atoms with Crippen molar-refractivity contribution in [3.63, 3.8) is 0 Å². The molecule has 148 valence electrons. The van der Waals surface area contributed by atoms with Gasteiger partial charge in [0, 0.05) is 38.8 Å². The molecule has 4 heterocycles. The van der Waals surface area contributed by atoms with Crippen molar-refractivity contribution in [2.45, 2.75) is 45.1 Å². The van der Waals surface area contributed by atoms with Crippen LogP contribution in [-0.2, 0) is 16.1 Å². The van der Waals surface area contributed by atoms with Crippen LogP contribution in [0.1, 0.15) is 38.5 Å². The number of aromatic nitrogens is 3. The molecule has 3 fully saturated rings. The molecule has 0 unspecified atom stereocenters. The van der Waals surface area contributed by atoms with E-state index in [1.165, 1.54) is 0 Å². The summed E-state index contributed by atoms with van der Waals surface area (Å²) < 4.78 is 1.71. The second-order valence-corrected chi connectivity index (χ2v) is 8.31. The van der Waals surface area contributed by atoms with Crippen molar-refractivity contribution >= 4 is 11.8 Å². The van der Waals surface area contributed by atoms with E-state index in [0.29, 0.717) is 30.8 Å². The van der Waals surface area contributed by atoms with Gasteiger partial charge < -0.3 is 9.80 Å². The van der Waals surface area contributed by atoms with Crippen molar-refractivity contribution in [1.29, 1.82) is 0 Å². The Morgan fingerprint density at radius 1 is 0.889 bits per heavy atom. The zero-order chi connectivity index (χ0) is 18.7. The van der Waals surface area contributed by atoms with Gasteiger partial charge in [-0.15, -0.1) is 5.10 Å². The van der Waals surface area contributed by atoms with Gasteiger partial charge in [-0.05, 0) is 50.6 Å². The standard InChI is InChI=1S/C19H30N6O2/c26-17(2-10-25-15-7-20-21-25)24-13-5-19(6-14-24)3-11-22(12-4-19)16-18(27)23-8-1-9-23/h7,15H,1-6,8-14,16H2. The number of hydrogen-bond donors (Lipinski definition) is 0. The molecule has 2 amide bonds. The smallest absolute Gasteiger partial charge is 0.236 e. The third kappa shape index (κ3) is 4.31. The van der Waals surface area contributed by atoms with E-state index >= 15 is 0 Å². The highest BCUT2D eigenvalue weighted by atomic mass is 16.2. The van der Waals surface area contributed by atoms with Crippen molar-refractivity contribution in [2.75, 3.05) is 45.8 Å². The lowest BCUT2D eigenvalue weighted by atomic mass is 9.71. The van der Waals surface area contributed by atoms with Crippen LogP contribution in [0.2, 0.25) is 0 Å². The second-order valence-electron chi connectivity index (χ2n) is 8.31. The molecule has 4 rings (SSSR count). The van der Waals surface area contributed by atoms with Crippen LogP contribution >= 0.6 is 0 Å². The minimum atomic E-state index is 0.220. The van der Waals surface area contributed by atoms with E-state index in [1.807, 2.05) is 9.80 Å². The molecule has 0 radical (unpaired) electrons. The largest absolute Gasteiger partial charge is 0.343 e. The summed E-state index contributed by atoms with van der Waals surface area (Å²) in [6.07, 6.45) is 9.57. The summed E-state index contributed by atoms with van der Waals surface area (Å²) in [7, 11) is 0. The molecule has 0 N–H and O–H groups in total. The third-order valence-corrected chi connectivity index (χ3v) is 6.69. The number of hydrogen-bond acceptors (Lipinski definition) is 5. The molecule has 0 bridgehead atoms.